The molecule has 8 heteroatoms. The van der Waals surface area contributed by atoms with Crippen LogP contribution in [0.5, 0.6) is 11.5 Å². The van der Waals surface area contributed by atoms with E-state index in [0.29, 0.717) is 49.3 Å². The number of hydrogen-bond acceptors (Lipinski definition) is 6. The molecule has 7 nitrogen and oxygen atoms in total. The number of amides is 1. The Labute approximate surface area is 171 Å². The highest BCUT2D eigenvalue weighted by Crippen LogP contribution is 2.44. The van der Waals surface area contributed by atoms with Gasteiger partial charge in [-0.15, -0.1) is 0 Å². The summed E-state index contributed by atoms with van der Waals surface area (Å²) in [5, 5.41) is 10.7. The molecule has 0 unspecified atom stereocenters. The number of hydrogen-bond donors (Lipinski definition) is 1. The van der Waals surface area contributed by atoms with Crippen LogP contribution < -0.4 is 9.47 Å². The Hall–Kier alpha value is -1.54. The fourth-order valence-corrected chi connectivity index (χ4v) is 4.70. The fourth-order valence-electron chi connectivity index (χ4n) is 4.47. The molecule has 28 heavy (non-hydrogen) atoms. The lowest BCUT2D eigenvalue weighted by Gasteiger charge is -2.27. The summed E-state index contributed by atoms with van der Waals surface area (Å²) in [4.78, 5) is 16.4. The summed E-state index contributed by atoms with van der Waals surface area (Å²) >= 11 is 6.24. The summed E-state index contributed by atoms with van der Waals surface area (Å²) in [5.41, 5.74) is 0.654. The highest BCUT2D eigenvalue weighted by Gasteiger charge is 2.53. The predicted octanol–water partition coefficient (Wildman–Crippen LogP) is 1.65. The lowest BCUT2D eigenvalue weighted by molar-refractivity contribution is -0.135. The topological polar surface area (TPSA) is 71.5 Å². The van der Waals surface area contributed by atoms with E-state index in [1.54, 1.807) is 20.3 Å². The molecule has 2 aliphatic rings. The van der Waals surface area contributed by atoms with Crippen molar-refractivity contribution in [1.29, 1.82) is 0 Å². The van der Waals surface area contributed by atoms with Crippen molar-refractivity contribution < 1.29 is 24.1 Å². The quantitative estimate of drug-likeness (QED) is 0.700. The molecule has 2 saturated heterocycles. The van der Waals surface area contributed by atoms with E-state index in [1.807, 2.05) is 17.9 Å². The minimum Gasteiger partial charge on any atom is -0.493 e. The van der Waals surface area contributed by atoms with Crippen LogP contribution in [0.25, 0.3) is 0 Å². The number of methoxy groups -OCH3 is 2. The van der Waals surface area contributed by atoms with Gasteiger partial charge in [0.1, 0.15) is 6.61 Å². The minimum atomic E-state index is -0.294. The summed E-state index contributed by atoms with van der Waals surface area (Å²) in [6, 6.07) is 3.63. The first kappa shape index (κ1) is 21.2. The number of fused-ring (bicyclic) bond motifs is 1. The number of aliphatic hydroxyl groups is 1. The molecule has 2 fully saturated rings. The van der Waals surface area contributed by atoms with Gasteiger partial charge in [-0.25, -0.2) is 0 Å². The van der Waals surface area contributed by atoms with Crippen LogP contribution in [0.15, 0.2) is 12.1 Å². The van der Waals surface area contributed by atoms with E-state index >= 15 is 0 Å². The zero-order valence-electron chi connectivity index (χ0n) is 16.7. The number of rotatable bonds is 8. The van der Waals surface area contributed by atoms with Gasteiger partial charge in [0.2, 0.25) is 5.91 Å². The number of aliphatic hydroxyl groups excluding tert-OH is 1. The van der Waals surface area contributed by atoms with Crippen molar-refractivity contribution >= 4 is 17.5 Å². The van der Waals surface area contributed by atoms with Gasteiger partial charge < -0.3 is 24.2 Å². The molecule has 1 amide bonds. The molecule has 2 aliphatic heterocycles. The maximum Gasteiger partial charge on any atom is 0.248 e. The highest BCUT2D eigenvalue weighted by molar-refractivity contribution is 6.30. The molecular formula is C20H29ClN2O5. The van der Waals surface area contributed by atoms with E-state index in [9.17, 15) is 9.90 Å². The summed E-state index contributed by atoms with van der Waals surface area (Å²) < 4.78 is 16.2. The van der Waals surface area contributed by atoms with Crippen molar-refractivity contribution in [3.05, 3.63) is 22.7 Å². The first-order chi connectivity index (χ1) is 13.5. The first-order valence-electron chi connectivity index (χ1n) is 9.55. The number of halogens is 1. The van der Waals surface area contributed by atoms with E-state index in [0.717, 1.165) is 12.1 Å². The minimum absolute atomic E-state index is 0.00290. The Morgan fingerprint density at radius 3 is 2.68 bits per heavy atom. The van der Waals surface area contributed by atoms with Gasteiger partial charge in [0, 0.05) is 61.4 Å². The molecular weight excluding hydrogens is 384 g/mol. The number of carbonyl (C=O) groups excluding carboxylic acids is 1. The normalized spacial score (nSPS) is 24.5. The van der Waals surface area contributed by atoms with Gasteiger partial charge >= 0.3 is 0 Å². The lowest BCUT2D eigenvalue weighted by Crippen LogP contribution is -2.40. The molecule has 1 aromatic rings. The van der Waals surface area contributed by atoms with E-state index in [-0.39, 0.29) is 30.5 Å². The lowest BCUT2D eigenvalue weighted by atomic mass is 9.82. The molecule has 0 aliphatic carbocycles. The molecule has 0 aromatic heterocycles. The van der Waals surface area contributed by atoms with Crippen molar-refractivity contribution in [1.82, 2.24) is 9.80 Å². The van der Waals surface area contributed by atoms with Crippen molar-refractivity contribution in [3.8, 4) is 11.5 Å². The Bertz CT molecular complexity index is 716. The van der Waals surface area contributed by atoms with Crippen molar-refractivity contribution in [2.75, 3.05) is 60.2 Å². The smallest absolute Gasteiger partial charge is 0.248 e. The van der Waals surface area contributed by atoms with E-state index in [2.05, 4.69) is 4.90 Å². The Balaban J connectivity index is 1.71. The van der Waals surface area contributed by atoms with Gasteiger partial charge in [0.15, 0.2) is 11.5 Å². The number of ether oxygens (including phenoxy) is 3. The SMILES string of the molecule is CCOCC(=O)N1C[C@@H]2CN(Cc3cc(Cl)cc(OC)c3OC)C[C@]2(CO)C1. The van der Waals surface area contributed by atoms with Crippen LogP contribution in [0.3, 0.4) is 0 Å². The maximum atomic E-state index is 12.3. The molecule has 0 saturated carbocycles. The monoisotopic (exact) mass is 412 g/mol. The molecule has 3 rings (SSSR count). The fraction of sp³-hybridized carbons (Fsp3) is 0.650. The van der Waals surface area contributed by atoms with E-state index in [4.69, 9.17) is 25.8 Å². The van der Waals surface area contributed by atoms with Crippen LogP contribution in [0, 0.1) is 11.3 Å². The van der Waals surface area contributed by atoms with Crippen molar-refractivity contribution in [3.63, 3.8) is 0 Å². The van der Waals surface area contributed by atoms with Crippen molar-refractivity contribution in [2.45, 2.75) is 13.5 Å². The third-order valence-electron chi connectivity index (χ3n) is 5.84. The average molecular weight is 413 g/mol. The second kappa shape index (κ2) is 8.86. The number of likely N-dealkylation sites (tertiary alicyclic amines) is 2. The van der Waals surface area contributed by atoms with Crippen molar-refractivity contribution in [2.24, 2.45) is 11.3 Å². The number of nitrogens with zero attached hydrogens (tertiary/aromatic N) is 2. The summed E-state index contributed by atoms with van der Waals surface area (Å²) in [7, 11) is 3.21. The van der Waals surface area contributed by atoms with Gasteiger partial charge in [0.05, 0.1) is 20.8 Å². The molecule has 0 bridgehead atoms. The van der Waals surface area contributed by atoms with Crippen LogP contribution in [-0.2, 0) is 16.1 Å². The first-order valence-corrected chi connectivity index (χ1v) is 9.93. The molecule has 1 aromatic carbocycles. The van der Waals surface area contributed by atoms with Gasteiger partial charge in [-0.1, -0.05) is 11.6 Å². The second-order valence-electron chi connectivity index (χ2n) is 7.60. The molecule has 1 N–H and O–H groups in total. The molecule has 156 valence electrons. The van der Waals surface area contributed by atoms with Crippen LogP contribution in [0.4, 0.5) is 0 Å². The average Bonchev–Trinajstić information content (AvgIpc) is 3.19. The van der Waals surface area contributed by atoms with Crippen LogP contribution in [0.2, 0.25) is 5.02 Å². The standard InChI is InChI=1S/C20H29ClN2O5/c1-4-28-10-18(25)23-9-15-8-22(11-20(15,12-23)13-24)7-14-5-16(21)6-17(26-2)19(14)27-3/h5-6,15,24H,4,7-13H2,1-3H3/t15-,20+/m0/s1. The maximum absolute atomic E-state index is 12.3. The van der Waals surface area contributed by atoms with E-state index < -0.39 is 0 Å². The molecule has 0 radical (unpaired) electrons. The van der Waals surface area contributed by atoms with E-state index in [1.165, 1.54) is 0 Å². The zero-order valence-corrected chi connectivity index (χ0v) is 17.5. The largest absolute Gasteiger partial charge is 0.493 e. The summed E-state index contributed by atoms with van der Waals surface area (Å²) in [5.74, 6) is 1.51. The second-order valence-corrected chi connectivity index (χ2v) is 8.04. The summed E-state index contributed by atoms with van der Waals surface area (Å²) in [6.45, 7) is 5.93. The van der Waals surface area contributed by atoms with Crippen LogP contribution in [0.1, 0.15) is 12.5 Å². The number of carbonyl (C=O) groups is 1. The summed E-state index contributed by atoms with van der Waals surface area (Å²) in [6.07, 6.45) is 0. The van der Waals surface area contributed by atoms with Gasteiger partial charge in [0.25, 0.3) is 0 Å². The number of benzene rings is 1. The Morgan fingerprint density at radius 2 is 2.07 bits per heavy atom. The predicted molar refractivity (Wildman–Crippen MR) is 106 cm³/mol. The highest BCUT2D eigenvalue weighted by atomic mass is 35.5. The zero-order chi connectivity index (χ0) is 20.3. The molecule has 2 heterocycles. The third-order valence-corrected chi connectivity index (χ3v) is 6.06. The van der Waals surface area contributed by atoms with Crippen LogP contribution in [-0.4, -0.2) is 81.0 Å². The molecule has 2 atom stereocenters. The molecule has 0 spiro atoms. The Kier molecular flexibility index (Phi) is 6.70. The van der Waals surface area contributed by atoms with Gasteiger partial charge in [-0.05, 0) is 18.9 Å². The third kappa shape index (κ3) is 4.08. The van der Waals surface area contributed by atoms with Gasteiger partial charge in [-0.3, -0.25) is 9.69 Å². The van der Waals surface area contributed by atoms with Gasteiger partial charge in [-0.2, -0.15) is 0 Å². The van der Waals surface area contributed by atoms with Crippen LogP contribution >= 0.6 is 11.6 Å². The Morgan fingerprint density at radius 1 is 1.29 bits per heavy atom.